The molecule has 1 saturated heterocycles. The summed E-state index contributed by atoms with van der Waals surface area (Å²) in [6.07, 6.45) is -2.58. The molecule has 0 bridgehead atoms. The van der Waals surface area contributed by atoms with Crippen molar-refractivity contribution in [1.82, 2.24) is 9.88 Å². The molecule has 1 aliphatic rings. The highest BCUT2D eigenvalue weighted by Gasteiger charge is 2.34. The standard InChI is InChI=1S/C15H19F3N2O3S2/c1-2-6-20(12-5-7-25(22,23)10-12)14(21)9-24-13-4-3-11(8-19-13)15(16,17)18/h3-4,8,12H,2,5-7,9-10H2,1H3. The molecular formula is C15H19F3N2O3S2. The van der Waals surface area contributed by atoms with Crippen LogP contribution in [0.4, 0.5) is 13.2 Å². The van der Waals surface area contributed by atoms with E-state index in [0.717, 1.165) is 24.0 Å². The third-order valence-electron chi connectivity index (χ3n) is 3.84. The van der Waals surface area contributed by atoms with Crippen molar-refractivity contribution in [1.29, 1.82) is 0 Å². The van der Waals surface area contributed by atoms with Crippen LogP contribution in [-0.4, -0.2) is 54.1 Å². The maximum Gasteiger partial charge on any atom is 0.417 e. The smallest absolute Gasteiger partial charge is 0.338 e. The minimum atomic E-state index is -4.45. The van der Waals surface area contributed by atoms with Gasteiger partial charge in [-0.1, -0.05) is 18.7 Å². The lowest BCUT2D eigenvalue weighted by Gasteiger charge is -2.27. The maximum atomic E-state index is 12.5. The first-order chi connectivity index (χ1) is 11.6. The number of hydrogen-bond donors (Lipinski definition) is 0. The van der Waals surface area contributed by atoms with Crippen molar-refractivity contribution in [2.45, 2.75) is 37.0 Å². The van der Waals surface area contributed by atoms with Crippen LogP contribution in [0.1, 0.15) is 25.3 Å². The zero-order valence-electron chi connectivity index (χ0n) is 13.6. The number of carbonyl (C=O) groups excluding carboxylic acids is 1. The van der Waals surface area contributed by atoms with Gasteiger partial charge in [-0.25, -0.2) is 13.4 Å². The number of nitrogens with zero attached hydrogens (tertiary/aromatic N) is 2. The number of sulfone groups is 1. The van der Waals surface area contributed by atoms with Crippen LogP contribution >= 0.6 is 11.8 Å². The molecule has 1 unspecified atom stereocenters. The van der Waals surface area contributed by atoms with Crippen LogP contribution in [0.15, 0.2) is 23.4 Å². The number of carbonyl (C=O) groups is 1. The molecule has 5 nitrogen and oxygen atoms in total. The lowest BCUT2D eigenvalue weighted by atomic mass is 10.2. The fraction of sp³-hybridized carbons (Fsp3) is 0.600. The number of thioether (sulfide) groups is 1. The molecule has 0 aromatic carbocycles. The molecule has 10 heteroatoms. The SMILES string of the molecule is CCCN(C(=O)CSc1ccc(C(F)(F)F)cn1)C1CCS(=O)(=O)C1. The van der Waals surface area contributed by atoms with Crippen LogP contribution in [0, 0.1) is 0 Å². The second-order valence-corrected chi connectivity index (χ2v) is 9.04. The maximum absolute atomic E-state index is 12.5. The second kappa shape index (κ2) is 7.94. The van der Waals surface area contributed by atoms with E-state index in [9.17, 15) is 26.4 Å². The Hall–Kier alpha value is -1.29. The molecule has 1 aromatic rings. The van der Waals surface area contributed by atoms with E-state index in [4.69, 9.17) is 0 Å². The van der Waals surface area contributed by atoms with Crippen molar-refractivity contribution in [2.75, 3.05) is 23.8 Å². The minimum Gasteiger partial charge on any atom is -0.338 e. The first-order valence-corrected chi connectivity index (χ1v) is 10.6. The lowest BCUT2D eigenvalue weighted by molar-refractivity contribution is -0.138. The van der Waals surface area contributed by atoms with Crippen molar-refractivity contribution >= 4 is 27.5 Å². The van der Waals surface area contributed by atoms with Crippen LogP contribution in [-0.2, 0) is 20.8 Å². The molecule has 1 fully saturated rings. The lowest BCUT2D eigenvalue weighted by Crippen LogP contribution is -2.42. The first kappa shape index (κ1) is 20.0. The van der Waals surface area contributed by atoms with Crippen molar-refractivity contribution in [2.24, 2.45) is 0 Å². The predicted octanol–water partition coefficient (Wildman–Crippen LogP) is 2.62. The van der Waals surface area contributed by atoms with Gasteiger partial charge >= 0.3 is 6.18 Å². The van der Waals surface area contributed by atoms with E-state index in [2.05, 4.69) is 4.98 Å². The largest absolute Gasteiger partial charge is 0.417 e. The molecule has 1 amide bonds. The number of hydrogen-bond acceptors (Lipinski definition) is 5. The normalized spacial score (nSPS) is 19.8. The van der Waals surface area contributed by atoms with E-state index < -0.39 is 21.6 Å². The average Bonchev–Trinajstić information content (AvgIpc) is 2.89. The minimum absolute atomic E-state index is 0.00884. The van der Waals surface area contributed by atoms with Crippen molar-refractivity contribution in [3.8, 4) is 0 Å². The van der Waals surface area contributed by atoms with Gasteiger partial charge in [-0.3, -0.25) is 4.79 Å². The van der Waals surface area contributed by atoms with E-state index in [1.807, 2.05) is 6.92 Å². The van der Waals surface area contributed by atoms with Gasteiger partial charge in [0.05, 0.1) is 27.8 Å². The van der Waals surface area contributed by atoms with Gasteiger partial charge in [0, 0.05) is 18.8 Å². The van der Waals surface area contributed by atoms with E-state index in [1.54, 1.807) is 4.90 Å². The third-order valence-corrected chi connectivity index (χ3v) is 6.52. The fourth-order valence-electron chi connectivity index (χ4n) is 2.62. The number of alkyl halides is 3. The van der Waals surface area contributed by atoms with E-state index in [-0.39, 0.29) is 29.2 Å². The Morgan fingerprint density at radius 3 is 2.60 bits per heavy atom. The van der Waals surface area contributed by atoms with Crippen LogP contribution in [0.25, 0.3) is 0 Å². The molecule has 0 saturated carbocycles. The predicted molar refractivity (Wildman–Crippen MR) is 89.0 cm³/mol. The van der Waals surface area contributed by atoms with Gasteiger partial charge in [0.25, 0.3) is 0 Å². The zero-order chi connectivity index (χ0) is 18.7. The summed E-state index contributed by atoms with van der Waals surface area (Å²) in [5, 5.41) is 0.317. The van der Waals surface area contributed by atoms with Crippen LogP contribution in [0.3, 0.4) is 0 Å². The summed E-state index contributed by atoms with van der Waals surface area (Å²) in [6.45, 7) is 2.36. The molecule has 0 aliphatic carbocycles. The second-order valence-electron chi connectivity index (χ2n) is 5.82. The molecule has 1 atom stereocenters. The highest BCUT2D eigenvalue weighted by Crippen LogP contribution is 2.29. The third kappa shape index (κ3) is 5.60. The summed E-state index contributed by atoms with van der Waals surface area (Å²) in [7, 11) is -3.10. The Balaban J connectivity index is 1.97. The van der Waals surface area contributed by atoms with E-state index in [1.165, 1.54) is 6.07 Å². The van der Waals surface area contributed by atoms with E-state index >= 15 is 0 Å². The molecule has 140 valence electrons. The molecule has 0 spiro atoms. The van der Waals surface area contributed by atoms with Gasteiger partial charge in [-0.15, -0.1) is 0 Å². The Kier molecular flexibility index (Phi) is 6.36. The van der Waals surface area contributed by atoms with Gasteiger partial charge in [0.15, 0.2) is 9.84 Å². The highest BCUT2D eigenvalue weighted by atomic mass is 32.2. The Morgan fingerprint density at radius 2 is 2.12 bits per heavy atom. The molecule has 2 rings (SSSR count). The van der Waals surface area contributed by atoms with Crippen LogP contribution in [0.2, 0.25) is 0 Å². The van der Waals surface area contributed by atoms with E-state index in [0.29, 0.717) is 24.4 Å². The Labute approximate surface area is 148 Å². The van der Waals surface area contributed by atoms with Crippen molar-refractivity contribution in [3.05, 3.63) is 23.9 Å². The summed E-state index contributed by atoms with van der Waals surface area (Å²) in [5.41, 5.74) is -0.841. The van der Waals surface area contributed by atoms with Crippen molar-refractivity contribution in [3.63, 3.8) is 0 Å². The molecular weight excluding hydrogens is 377 g/mol. The van der Waals surface area contributed by atoms with Gasteiger partial charge in [0.2, 0.25) is 5.91 Å². The van der Waals surface area contributed by atoms with Gasteiger partial charge in [-0.05, 0) is 25.0 Å². The molecule has 2 heterocycles. The van der Waals surface area contributed by atoms with Gasteiger partial charge < -0.3 is 4.90 Å². The van der Waals surface area contributed by atoms with Crippen molar-refractivity contribution < 1.29 is 26.4 Å². The first-order valence-electron chi connectivity index (χ1n) is 7.78. The van der Waals surface area contributed by atoms with Crippen LogP contribution in [0.5, 0.6) is 0 Å². The fourth-order valence-corrected chi connectivity index (χ4v) is 5.08. The summed E-state index contributed by atoms with van der Waals surface area (Å²) < 4.78 is 60.7. The van der Waals surface area contributed by atoms with Gasteiger partial charge in [0.1, 0.15) is 0 Å². The topological polar surface area (TPSA) is 67.3 Å². The number of pyridine rings is 1. The Morgan fingerprint density at radius 1 is 1.40 bits per heavy atom. The monoisotopic (exact) mass is 396 g/mol. The van der Waals surface area contributed by atoms with Gasteiger partial charge in [-0.2, -0.15) is 13.2 Å². The summed E-state index contributed by atoms with van der Waals surface area (Å²) in [4.78, 5) is 17.7. The summed E-state index contributed by atoms with van der Waals surface area (Å²) >= 11 is 1.04. The highest BCUT2D eigenvalue weighted by molar-refractivity contribution is 7.99. The number of rotatable bonds is 6. The molecule has 1 aliphatic heterocycles. The molecule has 25 heavy (non-hydrogen) atoms. The Bertz CT molecular complexity index is 706. The number of amides is 1. The zero-order valence-corrected chi connectivity index (χ0v) is 15.3. The number of aromatic nitrogens is 1. The number of halogens is 3. The molecule has 0 N–H and O–H groups in total. The summed E-state index contributed by atoms with van der Waals surface area (Å²) in [5.74, 6) is -0.161. The molecule has 1 aromatic heterocycles. The molecule has 0 radical (unpaired) electrons. The van der Waals surface area contributed by atoms with Crippen LogP contribution < -0.4 is 0 Å². The summed E-state index contributed by atoms with van der Waals surface area (Å²) in [6, 6.07) is 1.83. The quantitative estimate of drug-likeness (QED) is 0.692. The average molecular weight is 396 g/mol.